The number of carboxylic acid groups (broad SMARTS) is 1. The lowest BCUT2D eigenvalue weighted by Gasteiger charge is -2.10. The summed E-state index contributed by atoms with van der Waals surface area (Å²) < 4.78 is 0. The molecule has 3 rings (SSSR count). The molecule has 0 saturated heterocycles. The molecule has 1 N–H and O–H groups in total. The Bertz CT molecular complexity index is 1010. The van der Waals surface area contributed by atoms with Crippen LogP contribution in [0.2, 0.25) is 5.02 Å². The van der Waals surface area contributed by atoms with E-state index >= 15 is 0 Å². The quantitative estimate of drug-likeness (QED) is 0.786. The summed E-state index contributed by atoms with van der Waals surface area (Å²) in [6, 6.07) is 9.46. The van der Waals surface area contributed by atoms with Gasteiger partial charge in [-0.25, -0.2) is 4.79 Å². The van der Waals surface area contributed by atoms with Gasteiger partial charge in [0.15, 0.2) is 0 Å². The maximum absolute atomic E-state index is 11.4. The number of hydrogen-bond acceptors (Lipinski definition) is 4. The SMILES string of the molecule is Cc1c(Cc2ccc3ncc(Cl)cc3c2)ncc(C#N)c1C(=O)O. The Morgan fingerprint density at radius 2 is 2.08 bits per heavy atom. The van der Waals surface area contributed by atoms with E-state index in [-0.39, 0.29) is 11.1 Å². The molecule has 0 bridgehead atoms. The molecule has 24 heavy (non-hydrogen) atoms. The van der Waals surface area contributed by atoms with E-state index in [9.17, 15) is 9.90 Å². The third-order valence-electron chi connectivity index (χ3n) is 3.84. The lowest BCUT2D eigenvalue weighted by Crippen LogP contribution is -2.08. The fourth-order valence-corrected chi connectivity index (χ4v) is 2.81. The van der Waals surface area contributed by atoms with E-state index in [2.05, 4.69) is 9.97 Å². The van der Waals surface area contributed by atoms with Gasteiger partial charge < -0.3 is 5.11 Å². The van der Waals surface area contributed by atoms with Gasteiger partial charge in [-0.3, -0.25) is 9.97 Å². The molecular formula is C18H12ClN3O2. The van der Waals surface area contributed by atoms with Crippen molar-refractivity contribution in [2.45, 2.75) is 13.3 Å². The minimum Gasteiger partial charge on any atom is -0.478 e. The molecule has 0 saturated carbocycles. The summed E-state index contributed by atoms with van der Waals surface area (Å²) in [5, 5.41) is 19.8. The number of fused-ring (bicyclic) bond motifs is 1. The second kappa shape index (κ2) is 6.26. The molecular weight excluding hydrogens is 326 g/mol. The van der Waals surface area contributed by atoms with Crippen molar-refractivity contribution in [1.82, 2.24) is 9.97 Å². The Kier molecular flexibility index (Phi) is 4.15. The summed E-state index contributed by atoms with van der Waals surface area (Å²) in [5.74, 6) is -1.12. The third kappa shape index (κ3) is 2.92. The molecule has 2 aromatic heterocycles. The molecule has 5 nitrogen and oxygen atoms in total. The van der Waals surface area contributed by atoms with Crippen molar-refractivity contribution in [2.24, 2.45) is 0 Å². The molecule has 1 aromatic carbocycles. The van der Waals surface area contributed by atoms with Crippen molar-refractivity contribution in [1.29, 1.82) is 5.26 Å². The molecule has 0 fully saturated rings. The first kappa shape index (κ1) is 15.9. The predicted molar refractivity (Wildman–Crippen MR) is 90.2 cm³/mol. The summed E-state index contributed by atoms with van der Waals surface area (Å²) in [5.41, 5.74) is 3.00. The van der Waals surface area contributed by atoms with Crippen LogP contribution in [0.3, 0.4) is 0 Å². The Balaban J connectivity index is 2.04. The fourth-order valence-electron chi connectivity index (χ4n) is 2.65. The number of carbonyl (C=O) groups is 1. The molecule has 0 spiro atoms. The van der Waals surface area contributed by atoms with Crippen LogP contribution >= 0.6 is 11.6 Å². The highest BCUT2D eigenvalue weighted by Crippen LogP contribution is 2.22. The molecule has 6 heteroatoms. The zero-order valence-corrected chi connectivity index (χ0v) is 13.5. The number of halogens is 1. The van der Waals surface area contributed by atoms with Crippen molar-refractivity contribution >= 4 is 28.5 Å². The highest BCUT2D eigenvalue weighted by Gasteiger charge is 2.17. The molecule has 0 atom stereocenters. The second-order valence-electron chi connectivity index (χ2n) is 5.39. The topological polar surface area (TPSA) is 86.9 Å². The Labute approximate surface area is 143 Å². The number of rotatable bonds is 3. The van der Waals surface area contributed by atoms with Crippen LogP contribution in [-0.2, 0) is 6.42 Å². The van der Waals surface area contributed by atoms with E-state index in [0.29, 0.717) is 22.7 Å². The average Bonchev–Trinajstić information content (AvgIpc) is 2.55. The zero-order valence-electron chi connectivity index (χ0n) is 12.7. The van der Waals surface area contributed by atoms with Gasteiger partial charge in [0.25, 0.3) is 0 Å². The standard InChI is InChI=1S/C18H12ClN3O2/c1-10-16(21-8-13(7-20)17(10)18(23)24)5-11-2-3-15-12(4-11)6-14(19)9-22-15/h2-4,6,8-9H,5H2,1H3,(H,23,24). The van der Waals surface area contributed by atoms with Crippen LogP contribution in [-0.4, -0.2) is 21.0 Å². The molecule has 0 radical (unpaired) electrons. The van der Waals surface area contributed by atoms with Crippen molar-refractivity contribution in [3.8, 4) is 6.07 Å². The number of benzene rings is 1. The van der Waals surface area contributed by atoms with E-state index in [4.69, 9.17) is 16.9 Å². The number of pyridine rings is 2. The van der Waals surface area contributed by atoms with Crippen molar-refractivity contribution < 1.29 is 9.90 Å². The van der Waals surface area contributed by atoms with Gasteiger partial charge in [-0.1, -0.05) is 17.7 Å². The summed E-state index contributed by atoms with van der Waals surface area (Å²) in [6.45, 7) is 1.67. The lowest BCUT2D eigenvalue weighted by molar-refractivity contribution is 0.0695. The summed E-state index contributed by atoms with van der Waals surface area (Å²) in [4.78, 5) is 19.9. The summed E-state index contributed by atoms with van der Waals surface area (Å²) in [7, 11) is 0. The highest BCUT2D eigenvalue weighted by molar-refractivity contribution is 6.31. The first-order valence-corrected chi connectivity index (χ1v) is 7.53. The van der Waals surface area contributed by atoms with Gasteiger partial charge in [-0.2, -0.15) is 5.26 Å². The van der Waals surface area contributed by atoms with Gasteiger partial charge in [-0.15, -0.1) is 0 Å². The minimum atomic E-state index is -1.12. The monoisotopic (exact) mass is 337 g/mol. The molecule has 3 aromatic rings. The normalized spacial score (nSPS) is 10.5. The average molecular weight is 338 g/mol. The fraction of sp³-hybridized carbons (Fsp3) is 0.111. The van der Waals surface area contributed by atoms with Crippen LogP contribution in [0.5, 0.6) is 0 Å². The van der Waals surface area contributed by atoms with Crippen LogP contribution in [0, 0.1) is 18.3 Å². The molecule has 0 aliphatic carbocycles. The number of aromatic carboxylic acids is 1. The number of aromatic nitrogens is 2. The summed E-state index contributed by atoms with van der Waals surface area (Å²) in [6.07, 6.45) is 3.36. The highest BCUT2D eigenvalue weighted by atomic mass is 35.5. The Morgan fingerprint density at radius 3 is 2.79 bits per heavy atom. The van der Waals surface area contributed by atoms with Gasteiger partial charge in [-0.05, 0) is 36.2 Å². The van der Waals surface area contributed by atoms with E-state index < -0.39 is 5.97 Å². The van der Waals surface area contributed by atoms with Crippen LogP contribution in [0.4, 0.5) is 0 Å². The second-order valence-corrected chi connectivity index (χ2v) is 5.83. The molecule has 0 unspecified atom stereocenters. The van der Waals surface area contributed by atoms with Crippen molar-refractivity contribution in [3.05, 3.63) is 69.6 Å². The smallest absolute Gasteiger partial charge is 0.337 e. The van der Waals surface area contributed by atoms with E-state index in [1.54, 1.807) is 13.1 Å². The summed E-state index contributed by atoms with van der Waals surface area (Å²) >= 11 is 5.97. The van der Waals surface area contributed by atoms with Crippen molar-refractivity contribution in [3.63, 3.8) is 0 Å². The molecule has 2 heterocycles. The Morgan fingerprint density at radius 1 is 1.29 bits per heavy atom. The van der Waals surface area contributed by atoms with E-state index in [0.717, 1.165) is 16.5 Å². The molecule has 0 aliphatic rings. The number of carboxylic acids is 1. The van der Waals surface area contributed by atoms with Gasteiger partial charge in [0.2, 0.25) is 0 Å². The number of nitrogens with zero attached hydrogens (tertiary/aromatic N) is 3. The van der Waals surface area contributed by atoms with Gasteiger partial charge in [0.05, 0.1) is 21.7 Å². The van der Waals surface area contributed by atoms with Gasteiger partial charge in [0.1, 0.15) is 6.07 Å². The van der Waals surface area contributed by atoms with Crippen LogP contribution in [0.1, 0.15) is 32.7 Å². The zero-order chi connectivity index (χ0) is 17.3. The van der Waals surface area contributed by atoms with Crippen molar-refractivity contribution in [2.75, 3.05) is 0 Å². The van der Waals surface area contributed by atoms with Gasteiger partial charge >= 0.3 is 5.97 Å². The first-order chi connectivity index (χ1) is 11.5. The van der Waals surface area contributed by atoms with E-state index in [1.165, 1.54) is 6.20 Å². The largest absolute Gasteiger partial charge is 0.478 e. The van der Waals surface area contributed by atoms with Crippen LogP contribution in [0.25, 0.3) is 10.9 Å². The molecule has 0 amide bonds. The number of nitriles is 1. The number of hydrogen-bond donors (Lipinski definition) is 1. The third-order valence-corrected chi connectivity index (χ3v) is 4.05. The maximum atomic E-state index is 11.4. The van der Waals surface area contributed by atoms with E-state index in [1.807, 2.05) is 30.3 Å². The molecule has 0 aliphatic heterocycles. The minimum absolute atomic E-state index is 0.00741. The predicted octanol–water partition coefficient (Wildman–Crippen LogP) is 3.75. The first-order valence-electron chi connectivity index (χ1n) is 7.15. The van der Waals surface area contributed by atoms with Gasteiger partial charge in [0, 0.05) is 29.9 Å². The van der Waals surface area contributed by atoms with Crippen LogP contribution in [0.15, 0.2) is 36.7 Å². The van der Waals surface area contributed by atoms with Crippen LogP contribution < -0.4 is 0 Å². The lowest BCUT2D eigenvalue weighted by atomic mass is 9.98. The maximum Gasteiger partial charge on any atom is 0.337 e. The molecule has 118 valence electrons. The Hall–Kier alpha value is -2.97.